The number of anilines is 1. The largest absolute Gasteiger partial charge is 0.458 e. The van der Waals surface area contributed by atoms with Crippen molar-refractivity contribution < 1.29 is 14.3 Å². The van der Waals surface area contributed by atoms with E-state index in [4.69, 9.17) is 9.47 Å². The van der Waals surface area contributed by atoms with Gasteiger partial charge in [0, 0.05) is 19.3 Å². The summed E-state index contributed by atoms with van der Waals surface area (Å²) >= 11 is 0. The first kappa shape index (κ1) is 12.8. The average Bonchev–Trinajstić information content (AvgIpc) is 2.39. The second kappa shape index (κ2) is 5.77. The van der Waals surface area contributed by atoms with E-state index in [-0.39, 0.29) is 6.10 Å². The van der Waals surface area contributed by atoms with Crippen LogP contribution in [0.15, 0.2) is 12.3 Å². The summed E-state index contributed by atoms with van der Waals surface area (Å²) in [6.45, 7) is 6.41. The number of nitrogens with zero attached hydrogens (tertiary/aromatic N) is 3. The highest BCUT2D eigenvalue weighted by Crippen LogP contribution is 2.10. The van der Waals surface area contributed by atoms with Gasteiger partial charge < -0.3 is 14.4 Å². The summed E-state index contributed by atoms with van der Waals surface area (Å²) < 4.78 is 10.4. The summed E-state index contributed by atoms with van der Waals surface area (Å²) in [4.78, 5) is 22.1. The molecule has 1 aliphatic rings. The summed E-state index contributed by atoms with van der Waals surface area (Å²) in [5, 5.41) is 0. The van der Waals surface area contributed by atoms with Crippen LogP contribution in [0.5, 0.6) is 0 Å². The standard InChI is InChI=1S/C12H17N3O3/c1-9(2)18-11(16)10-3-4-13-12(14-10)15-5-7-17-8-6-15/h3-4,9H,5-8H2,1-2H3. The highest BCUT2D eigenvalue weighted by atomic mass is 16.5. The summed E-state index contributed by atoms with van der Waals surface area (Å²) in [7, 11) is 0. The molecule has 0 bridgehead atoms. The van der Waals surface area contributed by atoms with Crippen molar-refractivity contribution in [3.63, 3.8) is 0 Å². The Morgan fingerprint density at radius 1 is 1.44 bits per heavy atom. The Morgan fingerprint density at radius 2 is 2.17 bits per heavy atom. The van der Waals surface area contributed by atoms with Crippen molar-refractivity contribution in [3.05, 3.63) is 18.0 Å². The van der Waals surface area contributed by atoms with Crippen LogP contribution in [0.1, 0.15) is 24.3 Å². The summed E-state index contributed by atoms with van der Waals surface area (Å²) in [6, 6.07) is 1.56. The van der Waals surface area contributed by atoms with E-state index in [2.05, 4.69) is 9.97 Å². The van der Waals surface area contributed by atoms with E-state index in [1.54, 1.807) is 12.3 Å². The van der Waals surface area contributed by atoms with Gasteiger partial charge in [-0.05, 0) is 19.9 Å². The molecule has 1 aromatic rings. The fourth-order valence-electron chi connectivity index (χ4n) is 1.65. The highest BCUT2D eigenvalue weighted by Gasteiger charge is 2.17. The molecular formula is C12H17N3O3. The number of hydrogen-bond donors (Lipinski definition) is 0. The number of aromatic nitrogens is 2. The number of esters is 1. The van der Waals surface area contributed by atoms with Gasteiger partial charge >= 0.3 is 5.97 Å². The van der Waals surface area contributed by atoms with Gasteiger partial charge in [0.2, 0.25) is 5.95 Å². The molecule has 0 N–H and O–H groups in total. The Bertz CT molecular complexity index is 417. The van der Waals surface area contributed by atoms with Crippen LogP contribution in [0.3, 0.4) is 0 Å². The first-order valence-electron chi connectivity index (χ1n) is 6.03. The molecule has 0 amide bonds. The molecule has 18 heavy (non-hydrogen) atoms. The Morgan fingerprint density at radius 3 is 2.83 bits per heavy atom. The minimum Gasteiger partial charge on any atom is -0.458 e. The van der Waals surface area contributed by atoms with E-state index in [0.717, 1.165) is 13.1 Å². The van der Waals surface area contributed by atoms with Gasteiger partial charge in [-0.1, -0.05) is 0 Å². The van der Waals surface area contributed by atoms with E-state index >= 15 is 0 Å². The zero-order chi connectivity index (χ0) is 13.0. The van der Waals surface area contributed by atoms with E-state index in [0.29, 0.717) is 24.9 Å². The number of morpholine rings is 1. The highest BCUT2D eigenvalue weighted by molar-refractivity contribution is 5.87. The smallest absolute Gasteiger partial charge is 0.357 e. The maximum absolute atomic E-state index is 11.7. The third-order valence-electron chi connectivity index (χ3n) is 2.49. The van der Waals surface area contributed by atoms with Gasteiger partial charge in [-0.25, -0.2) is 14.8 Å². The number of hydrogen-bond acceptors (Lipinski definition) is 6. The zero-order valence-electron chi connectivity index (χ0n) is 10.6. The number of ether oxygens (including phenoxy) is 2. The number of rotatable bonds is 3. The fraction of sp³-hybridized carbons (Fsp3) is 0.583. The van der Waals surface area contributed by atoms with Crippen LogP contribution < -0.4 is 4.90 Å². The van der Waals surface area contributed by atoms with Gasteiger partial charge in [0.1, 0.15) is 0 Å². The van der Waals surface area contributed by atoms with E-state index < -0.39 is 5.97 Å². The third kappa shape index (κ3) is 3.16. The summed E-state index contributed by atoms with van der Waals surface area (Å²) in [5.41, 5.74) is 0.292. The van der Waals surface area contributed by atoms with Gasteiger partial charge in [0.25, 0.3) is 0 Å². The molecule has 0 saturated carbocycles. The minimum absolute atomic E-state index is 0.153. The van der Waals surface area contributed by atoms with Crippen molar-refractivity contribution in [2.24, 2.45) is 0 Å². The van der Waals surface area contributed by atoms with Crippen LogP contribution >= 0.6 is 0 Å². The zero-order valence-corrected chi connectivity index (χ0v) is 10.6. The number of carbonyl (C=O) groups is 1. The molecule has 6 nitrogen and oxygen atoms in total. The molecule has 1 saturated heterocycles. The molecule has 0 aliphatic carbocycles. The lowest BCUT2D eigenvalue weighted by molar-refractivity contribution is 0.0370. The Balaban J connectivity index is 2.11. The minimum atomic E-state index is -0.415. The van der Waals surface area contributed by atoms with Crippen LogP contribution in [0.2, 0.25) is 0 Å². The molecule has 0 unspecified atom stereocenters. The molecule has 0 spiro atoms. The summed E-state index contributed by atoms with van der Waals surface area (Å²) in [5.74, 6) is 0.137. The van der Waals surface area contributed by atoms with Crippen LogP contribution in [0.4, 0.5) is 5.95 Å². The van der Waals surface area contributed by atoms with Crippen molar-refractivity contribution >= 4 is 11.9 Å². The Labute approximate surface area is 106 Å². The van der Waals surface area contributed by atoms with Crippen LogP contribution in [0, 0.1) is 0 Å². The molecule has 1 fully saturated rings. The number of carbonyl (C=O) groups excluding carboxylic acids is 1. The SMILES string of the molecule is CC(C)OC(=O)c1ccnc(N2CCOCC2)n1. The maximum atomic E-state index is 11.7. The predicted octanol–water partition coefficient (Wildman–Crippen LogP) is 0.878. The lowest BCUT2D eigenvalue weighted by atomic mass is 10.4. The van der Waals surface area contributed by atoms with Crippen molar-refractivity contribution in [1.82, 2.24) is 9.97 Å². The van der Waals surface area contributed by atoms with Crippen molar-refractivity contribution in [1.29, 1.82) is 0 Å². The van der Waals surface area contributed by atoms with Gasteiger partial charge in [0.15, 0.2) is 5.69 Å². The topological polar surface area (TPSA) is 64.5 Å². The molecule has 0 atom stereocenters. The molecule has 0 radical (unpaired) electrons. The van der Waals surface area contributed by atoms with Crippen LogP contribution in [-0.4, -0.2) is 48.3 Å². The van der Waals surface area contributed by atoms with Gasteiger partial charge in [-0.3, -0.25) is 0 Å². The maximum Gasteiger partial charge on any atom is 0.357 e. The third-order valence-corrected chi connectivity index (χ3v) is 2.49. The Kier molecular flexibility index (Phi) is 4.09. The molecule has 1 aromatic heterocycles. The van der Waals surface area contributed by atoms with Gasteiger partial charge in [0.05, 0.1) is 19.3 Å². The lowest BCUT2D eigenvalue weighted by Gasteiger charge is -2.26. The Hall–Kier alpha value is -1.69. The monoisotopic (exact) mass is 251 g/mol. The average molecular weight is 251 g/mol. The van der Waals surface area contributed by atoms with E-state index in [1.807, 2.05) is 18.7 Å². The van der Waals surface area contributed by atoms with E-state index in [9.17, 15) is 4.79 Å². The molecule has 1 aliphatic heterocycles. The molecule has 6 heteroatoms. The predicted molar refractivity (Wildman–Crippen MR) is 65.6 cm³/mol. The first-order valence-corrected chi connectivity index (χ1v) is 6.03. The van der Waals surface area contributed by atoms with Crippen molar-refractivity contribution in [2.45, 2.75) is 20.0 Å². The normalized spacial score (nSPS) is 15.8. The quantitative estimate of drug-likeness (QED) is 0.743. The first-order chi connectivity index (χ1) is 8.66. The lowest BCUT2D eigenvalue weighted by Crippen LogP contribution is -2.37. The second-order valence-corrected chi connectivity index (χ2v) is 4.30. The van der Waals surface area contributed by atoms with Crippen LogP contribution in [0.25, 0.3) is 0 Å². The van der Waals surface area contributed by atoms with Crippen molar-refractivity contribution in [3.8, 4) is 0 Å². The molecular weight excluding hydrogens is 234 g/mol. The van der Waals surface area contributed by atoms with Gasteiger partial charge in [-0.15, -0.1) is 0 Å². The fourth-order valence-corrected chi connectivity index (χ4v) is 1.65. The second-order valence-electron chi connectivity index (χ2n) is 4.30. The molecule has 98 valence electrons. The molecule has 2 rings (SSSR count). The van der Waals surface area contributed by atoms with Gasteiger partial charge in [-0.2, -0.15) is 0 Å². The van der Waals surface area contributed by atoms with Crippen LogP contribution in [-0.2, 0) is 9.47 Å². The van der Waals surface area contributed by atoms with Crippen molar-refractivity contribution in [2.75, 3.05) is 31.2 Å². The summed E-state index contributed by atoms with van der Waals surface area (Å²) in [6.07, 6.45) is 1.42. The van der Waals surface area contributed by atoms with E-state index in [1.165, 1.54) is 0 Å². The molecule has 2 heterocycles. The molecule has 0 aromatic carbocycles.